The number of hydrogen-bond donors (Lipinski definition) is 4. The van der Waals surface area contributed by atoms with Crippen molar-refractivity contribution in [2.24, 2.45) is 13.0 Å². The van der Waals surface area contributed by atoms with E-state index in [-0.39, 0.29) is 12.1 Å². The van der Waals surface area contributed by atoms with E-state index in [1.807, 2.05) is 17.9 Å². The summed E-state index contributed by atoms with van der Waals surface area (Å²) in [5.74, 6) is 1.37. The first-order valence-corrected chi connectivity index (χ1v) is 11.2. The number of pyridine rings is 1. The molecule has 5 heterocycles. The van der Waals surface area contributed by atoms with Gasteiger partial charge in [0.25, 0.3) is 0 Å². The summed E-state index contributed by atoms with van der Waals surface area (Å²) in [6.07, 6.45) is 6.67. The number of halogens is 1. The van der Waals surface area contributed by atoms with Crippen LogP contribution in [0.4, 0.5) is 5.82 Å². The van der Waals surface area contributed by atoms with Gasteiger partial charge in [0, 0.05) is 56.4 Å². The second kappa shape index (κ2) is 7.96. The molecule has 0 spiro atoms. The molecule has 9 heteroatoms. The number of nitrogens with one attached hydrogen (secondary N) is 3. The number of aryl methyl sites for hydroxylation is 1. The number of rotatable bonds is 3. The van der Waals surface area contributed by atoms with Crippen LogP contribution in [0.1, 0.15) is 42.6 Å². The van der Waals surface area contributed by atoms with E-state index in [1.54, 1.807) is 0 Å². The number of hydrazine groups is 1. The second-order valence-electron chi connectivity index (χ2n) is 8.46. The first-order chi connectivity index (χ1) is 14.1. The summed E-state index contributed by atoms with van der Waals surface area (Å²) >= 11 is 3.66. The van der Waals surface area contributed by atoms with Gasteiger partial charge in [-0.05, 0) is 47.3 Å². The third-order valence-electron chi connectivity index (χ3n) is 6.45. The summed E-state index contributed by atoms with van der Waals surface area (Å²) in [5, 5.41) is 18.1. The van der Waals surface area contributed by atoms with Gasteiger partial charge in [-0.15, -0.1) is 0 Å². The minimum Gasteiger partial charge on any atom is -0.391 e. The molecule has 5 rings (SSSR count). The normalized spacial score (nSPS) is 32.4. The molecule has 2 aromatic rings. The lowest BCUT2D eigenvalue weighted by molar-refractivity contribution is 0.153. The van der Waals surface area contributed by atoms with Gasteiger partial charge >= 0.3 is 0 Å². The molecule has 0 aromatic carbocycles. The van der Waals surface area contributed by atoms with Crippen LogP contribution in [0, 0.1) is 5.92 Å². The Hall–Kier alpha value is -1.52. The smallest absolute Gasteiger partial charge is 0.143 e. The number of aromatic nitrogens is 3. The van der Waals surface area contributed by atoms with Crippen molar-refractivity contribution >= 4 is 21.7 Å². The highest BCUT2D eigenvalue weighted by Crippen LogP contribution is 2.39. The summed E-state index contributed by atoms with van der Waals surface area (Å²) in [5.41, 5.74) is 9.25. The summed E-state index contributed by atoms with van der Waals surface area (Å²) in [6, 6.07) is 5.03. The van der Waals surface area contributed by atoms with Crippen molar-refractivity contribution in [3.8, 4) is 0 Å². The highest BCUT2D eigenvalue weighted by atomic mass is 79.9. The van der Waals surface area contributed by atoms with Crippen LogP contribution in [0.25, 0.3) is 0 Å². The van der Waals surface area contributed by atoms with Crippen molar-refractivity contribution in [1.29, 1.82) is 0 Å². The van der Waals surface area contributed by atoms with Crippen molar-refractivity contribution in [3.05, 3.63) is 40.3 Å². The summed E-state index contributed by atoms with van der Waals surface area (Å²) < 4.78 is 2.85. The van der Waals surface area contributed by atoms with Crippen molar-refractivity contribution in [1.82, 2.24) is 30.9 Å². The Morgan fingerprint density at radius 2 is 2.17 bits per heavy atom. The topological polar surface area (TPSA) is 90.3 Å². The lowest BCUT2D eigenvalue weighted by atomic mass is 9.82. The molecule has 156 valence electrons. The highest BCUT2D eigenvalue weighted by molar-refractivity contribution is 9.10. The maximum Gasteiger partial charge on any atom is 0.143 e. The van der Waals surface area contributed by atoms with Gasteiger partial charge in [-0.25, -0.2) is 10.4 Å². The van der Waals surface area contributed by atoms with Gasteiger partial charge in [0.05, 0.1) is 28.5 Å². The maximum absolute atomic E-state index is 10.1. The molecular weight excluding hydrogens is 434 g/mol. The minimum absolute atomic E-state index is 0.155. The quantitative estimate of drug-likeness (QED) is 0.549. The van der Waals surface area contributed by atoms with Gasteiger partial charge in [0.15, 0.2) is 0 Å². The molecule has 0 aliphatic carbocycles. The number of aliphatic hydroxyl groups is 1. The average molecular weight is 462 g/mol. The zero-order valence-corrected chi connectivity index (χ0v) is 18.1. The number of anilines is 1. The Morgan fingerprint density at radius 3 is 2.97 bits per heavy atom. The van der Waals surface area contributed by atoms with E-state index in [1.165, 1.54) is 5.56 Å². The molecule has 5 atom stereocenters. The Kier molecular flexibility index (Phi) is 5.34. The minimum atomic E-state index is -0.276. The van der Waals surface area contributed by atoms with Crippen LogP contribution in [-0.4, -0.2) is 51.7 Å². The third kappa shape index (κ3) is 3.82. The molecule has 0 bridgehead atoms. The van der Waals surface area contributed by atoms with Crippen LogP contribution in [-0.2, 0) is 7.05 Å². The SMILES string of the molecule is Cn1cc(C2CC3C(CN2)NNC3c2ccc(Br)c(N3CCC[C@H](O)C3)n2)cn1. The molecule has 0 radical (unpaired) electrons. The number of nitrogens with zero attached hydrogens (tertiary/aromatic N) is 4. The average Bonchev–Trinajstić information content (AvgIpc) is 3.34. The molecule has 29 heavy (non-hydrogen) atoms. The van der Waals surface area contributed by atoms with Gasteiger partial charge in [-0.3, -0.25) is 10.1 Å². The molecule has 4 N–H and O–H groups in total. The number of aliphatic hydroxyl groups excluding tert-OH is 1. The van der Waals surface area contributed by atoms with Crippen LogP contribution in [0.15, 0.2) is 29.0 Å². The van der Waals surface area contributed by atoms with Gasteiger partial charge < -0.3 is 15.3 Å². The van der Waals surface area contributed by atoms with E-state index < -0.39 is 0 Å². The third-order valence-corrected chi connectivity index (χ3v) is 7.07. The van der Waals surface area contributed by atoms with E-state index in [9.17, 15) is 5.11 Å². The monoisotopic (exact) mass is 461 g/mol. The lowest BCUT2D eigenvalue weighted by Crippen LogP contribution is -2.46. The van der Waals surface area contributed by atoms with Crippen molar-refractivity contribution in [2.45, 2.75) is 43.5 Å². The standard InChI is InChI=1S/C20H28BrN7O/c1-27-10-12(8-23-27)17-7-14-18(9-22-17)25-26-19(14)16-5-4-15(21)20(24-16)28-6-2-3-13(29)11-28/h4-5,8,10,13-14,17-19,22,25-26,29H,2-3,6-7,9,11H2,1H3/t13-,14?,17?,18?,19?/m0/s1. The number of hydrogen-bond acceptors (Lipinski definition) is 7. The zero-order chi connectivity index (χ0) is 20.0. The van der Waals surface area contributed by atoms with Gasteiger partial charge in [-0.2, -0.15) is 5.10 Å². The molecule has 2 aromatic heterocycles. The molecular formula is C20H28BrN7O. The zero-order valence-electron chi connectivity index (χ0n) is 16.6. The molecule has 0 saturated carbocycles. The highest BCUT2D eigenvalue weighted by Gasteiger charge is 2.42. The fourth-order valence-electron chi connectivity index (χ4n) is 4.93. The summed E-state index contributed by atoms with van der Waals surface area (Å²) in [6.45, 7) is 2.49. The van der Waals surface area contributed by atoms with Crippen LogP contribution in [0.2, 0.25) is 0 Å². The Bertz CT molecular complexity index is 874. The fourth-order valence-corrected chi connectivity index (χ4v) is 5.40. The molecule has 0 amide bonds. The second-order valence-corrected chi connectivity index (χ2v) is 9.32. The number of fused-ring (bicyclic) bond motifs is 1. The molecule has 3 aliphatic rings. The van der Waals surface area contributed by atoms with E-state index in [0.717, 1.165) is 48.3 Å². The molecule has 8 nitrogen and oxygen atoms in total. The summed E-state index contributed by atoms with van der Waals surface area (Å²) in [4.78, 5) is 7.23. The van der Waals surface area contributed by atoms with Gasteiger partial charge in [-0.1, -0.05) is 0 Å². The first-order valence-electron chi connectivity index (χ1n) is 10.4. The van der Waals surface area contributed by atoms with Crippen molar-refractivity contribution in [2.75, 3.05) is 24.5 Å². The van der Waals surface area contributed by atoms with Gasteiger partial charge in [0.2, 0.25) is 0 Å². The van der Waals surface area contributed by atoms with E-state index in [2.05, 4.69) is 60.4 Å². The predicted molar refractivity (Wildman–Crippen MR) is 114 cm³/mol. The van der Waals surface area contributed by atoms with E-state index in [0.29, 0.717) is 24.5 Å². The molecule has 4 unspecified atom stereocenters. The van der Waals surface area contributed by atoms with Crippen LogP contribution < -0.4 is 21.1 Å². The Balaban J connectivity index is 1.38. The molecule has 3 aliphatic heterocycles. The fraction of sp³-hybridized carbons (Fsp3) is 0.600. The Morgan fingerprint density at radius 1 is 1.28 bits per heavy atom. The van der Waals surface area contributed by atoms with E-state index in [4.69, 9.17) is 4.98 Å². The first kappa shape index (κ1) is 19.4. The lowest BCUT2D eigenvalue weighted by Gasteiger charge is -2.34. The largest absolute Gasteiger partial charge is 0.391 e. The maximum atomic E-state index is 10.1. The van der Waals surface area contributed by atoms with Crippen LogP contribution in [0.5, 0.6) is 0 Å². The van der Waals surface area contributed by atoms with E-state index >= 15 is 0 Å². The molecule has 3 saturated heterocycles. The number of piperidine rings is 2. The number of β-amino-alcohol motifs (C(OH)–C–C–N with tert-alkyl or cyclic N) is 1. The molecule has 3 fully saturated rings. The summed E-state index contributed by atoms with van der Waals surface area (Å²) in [7, 11) is 1.96. The Labute approximate surface area is 179 Å². The van der Waals surface area contributed by atoms with Crippen molar-refractivity contribution in [3.63, 3.8) is 0 Å². The van der Waals surface area contributed by atoms with Crippen LogP contribution >= 0.6 is 15.9 Å². The van der Waals surface area contributed by atoms with Crippen LogP contribution in [0.3, 0.4) is 0 Å². The van der Waals surface area contributed by atoms with Crippen molar-refractivity contribution < 1.29 is 5.11 Å². The predicted octanol–water partition coefficient (Wildman–Crippen LogP) is 1.41. The van der Waals surface area contributed by atoms with Gasteiger partial charge in [0.1, 0.15) is 5.82 Å².